The van der Waals surface area contributed by atoms with Crippen LogP contribution in [0.25, 0.3) is 5.65 Å². The molecule has 5 nitrogen and oxygen atoms in total. The van der Waals surface area contributed by atoms with Crippen molar-refractivity contribution in [2.24, 2.45) is 5.73 Å². The summed E-state index contributed by atoms with van der Waals surface area (Å²) in [5.41, 5.74) is 8.01. The van der Waals surface area contributed by atoms with Crippen LogP contribution in [0.4, 0.5) is 5.82 Å². The van der Waals surface area contributed by atoms with Crippen molar-refractivity contribution >= 4 is 11.5 Å². The van der Waals surface area contributed by atoms with Gasteiger partial charge in [-0.2, -0.15) is 9.61 Å². The van der Waals surface area contributed by atoms with Crippen molar-refractivity contribution in [3.8, 4) is 0 Å². The van der Waals surface area contributed by atoms with Crippen molar-refractivity contribution in [3.63, 3.8) is 0 Å². The first-order chi connectivity index (χ1) is 9.26. The molecule has 0 radical (unpaired) electrons. The van der Waals surface area contributed by atoms with Gasteiger partial charge < -0.3 is 11.1 Å². The molecule has 1 aliphatic carbocycles. The largest absolute Gasteiger partial charge is 0.367 e. The number of hydrogen-bond acceptors (Lipinski definition) is 4. The molecule has 1 saturated carbocycles. The lowest BCUT2D eigenvalue weighted by molar-refractivity contribution is 0.684. The van der Waals surface area contributed by atoms with Crippen LogP contribution in [0.1, 0.15) is 38.3 Å². The fourth-order valence-corrected chi connectivity index (χ4v) is 2.81. The first-order valence-electron chi connectivity index (χ1n) is 7.12. The highest BCUT2D eigenvalue weighted by Crippen LogP contribution is 2.22. The van der Waals surface area contributed by atoms with E-state index in [-0.39, 0.29) is 0 Å². The van der Waals surface area contributed by atoms with Gasteiger partial charge in [-0.05, 0) is 25.7 Å². The fraction of sp³-hybridized carbons (Fsp3) is 0.571. The summed E-state index contributed by atoms with van der Waals surface area (Å²) in [6.45, 7) is 2.17. The summed E-state index contributed by atoms with van der Waals surface area (Å²) in [6, 6.07) is 4.86. The normalized spacial score (nSPS) is 23.1. The summed E-state index contributed by atoms with van der Waals surface area (Å²) < 4.78 is 1.88. The Bertz CT molecular complexity index is 562. The second-order valence-electron chi connectivity index (χ2n) is 5.40. The summed E-state index contributed by atoms with van der Waals surface area (Å²) in [6.07, 6.45) is 7.17. The molecule has 1 fully saturated rings. The van der Waals surface area contributed by atoms with Crippen molar-refractivity contribution in [2.45, 2.75) is 51.1 Å². The highest BCUT2D eigenvalue weighted by molar-refractivity contribution is 5.49. The maximum Gasteiger partial charge on any atom is 0.157 e. The summed E-state index contributed by atoms with van der Waals surface area (Å²) in [7, 11) is 0. The molecule has 2 atom stereocenters. The maximum absolute atomic E-state index is 5.97. The van der Waals surface area contributed by atoms with Crippen LogP contribution >= 0.6 is 0 Å². The van der Waals surface area contributed by atoms with E-state index in [1.165, 1.54) is 0 Å². The monoisotopic (exact) mass is 259 g/mol. The van der Waals surface area contributed by atoms with Gasteiger partial charge in [-0.15, -0.1) is 0 Å². The van der Waals surface area contributed by atoms with Crippen LogP contribution < -0.4 is 11.1 Å². The molecule has 0 aliphatic heterocycles. The highest BCUT2D eigenvalue weighted by Gasteiger charge is 2.22. The molecule has 2 aromatic heterocycles. The zero-order valence-corrected chi connectivity index (χ0v) is 11.3. The van der Waals surface area contributed by atoms with Gasteiger partial charge in [0, 0.05) is 29.9 Å². The first kappa shape index (κ1) is 12.4. The molecule has 0 aromatic carbocycles. The minimum Gasteiger partial charge on any atom is -0.367 e. The van der Waals surface area contributed by atoms with Crippen LogP contribution in [0.2, 0.25) is 0 Å². The van der Waals surface area contributed by atoms with Gasteiger partial charge in [0.1, 0.15) is 5.82 Å². The third-order valence-electron chi connectivity index (χ3n) is 3.74. The van der Waals surface area contributed by atoms with Gasteiger partial charge >= 0.3 is 0 Å². The predicted molar refractivity (Wildman–Crippen MR) is 76.2 cm³/mol. The number of hydrogen-bond donors (Lipinski definition) is 2. The minimum atomic E-state index is 0.336. The van der Waals surface area contributed by atoms with E-state index in [0.29, 0.717) is 12.1 Å². The SMILES string of the molecule is CCCc1cc(NC2CCC(N)C2)n2nccc2n1. The van der Waals surface area contributed by atoms with Gasteiger partial charge in [-0.3, -0.25) is 0 Å². The molecule has 1 aliphatic rings. The van der Waals surface area contributed by atoms with Crippen LogP contribution in [0, 0.1) is 0 Å². The van der Waals surface area contributed by atoms with Crippen molar-refractivity contribution in [2.75, 3.05) is 5.32 Å². The van der Waals surface area contributed by atoms with Gasteiger partial charge in [-0.25, -0.2) is 4.98 Å². The molecule has 0 bridgehead atoms. The Hall–Kier alpha value is -1.62. The van der Waals surface area contributed by atoms with E-state index in [1.54, 1.807) is 6.20 Å². The molecular formula is C14H21N5. The van der Waals surface area contributed by atoms with Crippen LogP contribution in [0.15, 0.2) is 18.3 Å². The van der Waals surface area contributed by atoms with E-state index in [9.17, 15) is 0 Å². The average Bonchev–Trinajstić information content (AvgIpc) is 2.99. The molecule has 19 heavy (non-hydrogen) atoms. The molecule has 0 saturated heterocycles. The zero-order valence-electron chi connectivity index (χ0n) is 11.3. The molecule has 2 aromatic rings. The Morgan fingerprint density at radius 3 is 3.11 bits per heavy atom. The predicted octanol–water partition coefficient (Wildman–Crippen LogP) is 1.97. The molecule has 3 N–H and O–H groups in total. The number of rotatable bonds is 4. The van der Waals surface area contributed by atoms with E-state index in [4.69, 9.17) is 5.73 Å². The van der Waals surface area contributed by atoms with E-state index in [2.05, 4.69) is 28.4 Å². The van der Waals surface area contributed by atoms with Crippen molar-refractivity contribution in [3.05, 3.63) is 24.0 Å². The second-order valence-corrected chi connectivity index (χ2v) is 5.40. The van der Waals surface area contributed by atoms with Gasteiger partial charge in [0.05, 0.1) is 6.20 Å². The molecule has 0 amide bonds. The van der Waals surface area contributed by atoms with E-state index in [1.807, 2.05) is 10.6 Å². The topological polar surface area (TPSA) is 68.2 Å². The van der Waals surface area contributed by atoms with Gasteiger partial charge in [-0.1, -0.05) is 13.3 Å². The molecule has 2 heterocycles. The number of nitrogens with two attached hydrogens (primary N) is 1. The molecule has 5 heteroatoms. The maximum atomic E-state index is 5.97. The number of anilines is 1. The van der Waals surface area contributed by atoms with Gasteiger partial charge in [0.15, 0.2) is 5.65 Å². The zero-order chi connectivity index (χ0) is 13.2. The van der Waals surface area contributed by atoms with Crippen molar-refractivity contribution in [1.82, 2.24) is 14.6 Å². The molecule has 102 valence electrons. The summed E-state index contributed by atoms with van der Waals surface area (Å²) in [5, 5.41) is 7.92. The smallest absolute Gasteiger partial charge is 0.157 e. The second kappa shape index (κ2) is 5.17. The standard InChI is InChI=1S/C14H21N5/c1-2-3-11-9-14(18-12-5-4-10(15)8-12)19-13(17-11)6-7-16-19/h6-7,9-10,12,18H,2-5,8,15H2,1H3. The van der Waals surface area contributed by atoms with Crippen molar-refractivity contribution < 1.29 is 0 Å². The Labute approximate surface area is 113 Å². The quantitative estimate of drug-likeness (QED) is 0.881. The number of fused-ring (bicyclic) bond motifs is 1. The van der Waals surface area contributed by atoms with Crippen LogP contribution in [-0.2, 0) is 6.42 Å². The van der Waals surface area contributed by atoms with E-state index < -0.39 is 0 Å². The molecule has 0 spiro atoms. The Morgan fingerprint density at radius 2 is 2.37 bits per heavy atom. The average molecular weight is 259 g/mol. The lowest BCUT2D eigenvalue weighted by atomic mass is 10.2. The molecule has 3 rings (SSSR count). The van der Waals surface area contributed by atoms with Gasteiger partial charge in [0.25, 0.3) is 0 Å². The number of nitrogens with one attached hydrogen (secondary N) is 1. The molecule has 2 unspecified atom stereocenters. The lowest BCUT2D eigenvalue weighted by Gasteiger charge is -2.15. The lowest BCUT2D eigenvalue weighted by Crippen LogP contribution is -2.22. The third-order valence-corrected chi connectivity index (χ3v) is 3.74. The number of aryl methyl sites for hydroxylation is 1. The Morgan fingerprint density at radius 1 is 1.47 bits per heavy atom. The van der Waals surface area contributed by atoms with Crippen molar-refractivity contribution in [1.29, 1.82) is 0 Å². The Kier molecular flexibility index (Phi) is 3.38. The fourth-order valence-electron chi connectivity index (χ4n) is 2.81. The minimum absolute atomic E-state index is 0.336. The van der Waals surface area contributed by atoms with Crippen LogP contribution in [0.3, 0.4) is 0 Å². The van der Waals surface area contributed by atoms with E-state index in [0.717, 1.165) is 49.3 Å². The third kappa shape index (κ3) is 2.56. The Balaban J connectivity index is 1.89. The summed E-state index contributed by atoms with van der Waals surface area (Å²) >= 11 is 0. The van der Waals surface area contributed by atoms with Crippen LogP contribution in [0.5, 0.6) is 0 Å². The van der Waals surface area contributed by atoms with E-state index >= 15 is 0 Å². The van der Waals surface area contributed by atoms with Gasteiger partial charge in [0.2, 0.25) is 0 Å². The molecular weight excluding hydrogens is 238 g/mol. The first-order valence-corrected chi connectivity index (χ1v) is 7.12. The van der Waals surface area contributed by atoms with Crippen LogP contribution in [-0.4, -0.2) is 26.7 Å². The summed E-state index contributed by atoms with van der Waals surface area (Å²) in [4.78, 5) is 4.61. The number of nitrogens with zero attached hydrogens (tertiary/aromatic N) is 3. The summed E-state index contributed by atoms with van der Waals surface area (Å²) in [5.74, 6) is 1.04. The number of aromatic nitrogens is 3. The highest BCUT2D eigenvalue weighted by atomic mass is 15.3.